The Bertz CT molecular complexity index is 543. The SMILES string of the molecule is Cc1cc(C(=O)C2Cc3ccccc3C2)cs1. The molecule has 2 aromatic rings. The highest BCUT2D eigenvalue weighted by Crippen LogP contribution is 2.29. The minimum absolute atomic E-state index is 0.154. The highest BCUT2D eigenvalue weighted by Gasteiger charge is 2.27. The van der Waals surface area contributed by atoms with E-state index in [0.29, 0.717) is 5.78 Å². The summed E-state index contributed by atoms with van der Waals surface area (Å²) in [7, 11) is 0. The molecule has 0 saturated carbocycles. The third-order valence-corrected chi connectivity index (χ3v) is 4.30. The summed E-state index contributed by atoms with van der Waals surface area (Å²) in [5.41, 5.74) is 3.58. The minimum Gasteiger partial charge on any atom is -0.294 e. The molecule has 1 aliphatic carbocycles. The van der Waals surface area contributed by atoms with Crippen molar-refractivity contribution in [2.24, 2.45) is 5.92 Å². The first-order valence-electron chi connectivity index (χ1n) is 5.90. The van der Waals surface area contributed by atoms with Crippen molar-refractivity contribution in [1.29, 1.82) is 0 Å². The Hall–Kier alpha value is -1.41. The maximum absolute atomic E-state index is 12.3. The van der Waals surface area contributed by atoms with Crippen LogP contribution in [0.4, 0.5) is 0 Å². The molecule has 2 heteroatoms. The Morgan fingerprint density at radius 3 is 2.41 bits per heavy atom. The van der Waals surface area contributed by atoms with Crippen molar-refractivity contribution in [1.82, 2.24) is 0 Å². The van der Waals surface area contributed by atoms with Crippen LogP contribution in [-0.4, -0.2) is 5.78 Å². The monoisotopic (exact) mass is 242 g/mol. The molecule has 1 heterocycles. The summed E-state index contributed by atoms with van der Waals surface area (Å²) in [5, 5.41) is 1.99. The Morgan fingerprint density at radius 2 is 1.88 bits per heavy atom. The molecule has 86 valence electrons. The minimum atomic E-state index is 0.154. The summed E-state index contributed by atoms with van der Waals surface area (Å²) < 4.78 is 0. The lowest BCUT2D eigenvalue weighted by Gasteiger charge is -2.05. The van der Waals surface area contributed by atoms with Crippen LogP contribution in [0.5, 0.6) is 0 Å². The lowest BCUT2D eigenvalue weighted by Crippen LogP contribution is -2.14. The van der Waals surface area contributed by atoms with Crippen LogP contribution in [-0.2, 0) is 12.8 Å². The topological polar surface area (TPSA) is 17.1 Å². The highest BCUT2D eigenvalue weighted by molar-refractivity contribution is 7.10. The standard InChI is InChI=1S/C15H14OS/c1-10-6-14(9-17-10)15(16)13-7-11-4-2-3-5-12(11)8-13/h2-6,9,13H,7-8H2,1H3. The van der Waals surface area contributed by atoms with Gasteiger partial charge in [-0.25, -0.2) is 0 Å². The average Bonchev–Trinajstić information content (AvgIpc) is 2.93. The van der Waals surface area contributed by atoms with Gasteiger partial charge in [0.05, 0.1) is 0 Å². The lowest BCUT2D eigenvalue weighted by molar-refractivity contribution is 0.0925. The van der Waals surface area contributed by atoms with E-state index in [4.69, 9.17) is 0 Å². The fourth-order valence-electron chi connectivity index (χ4n) is 2.55. The lowest BCUT2D eigenvalue weighted by atomic mass is 9.96. The molecule has 1 aromatic carbocycles. The van der Waals surface area contributed by atoms with Gasteiger partial charge >= 0.3 is 0 Å². The first kappa shape index (κ1) is 10.7. The molecule has 0 atom stereocenters. The molecule has 1 aliphatic rings. The Labute approximate surface area is 105 Å². The number of carbonyl (C=O) groups is 1. The molecule has 0 amide bonds. The first-order valence-corrected chi connectivity index (χ1v) is 6.78. The molecule has 3 rings (SSSR count). The van der Waals surface area contributed by atoms with E-state index in [1.54, 1.807) is 11.3 Å². The van der Waals surface area contributed by atoms with Gasteiger partial charge in [-0.2, -0.15) is 0 Å². The van der Waals surface area contributed by atoms with Crippen LogP contribution in [0.3, 0.4) is 0 Å². The molecule has 0 unspecified atom stereocenters. The Kier molecular flexibility index (Phi) is 2.60. The van der Waals surface area contributed by atoms with Crippen LogP contribution >= 0.6 is 11.3 Å². The zero-order valence-electron chi connectivity index (χ0n) is 9.77. The molecule has 1 aromatic heterocycles. The fraction of sp³-hybridized carbons (Fsp3) is 0.267. The molecule has 0 saturated heterocycles. The quantitative estimate of drug-likeness (QED) is 0.735. The average molecular weight is 242 g/mol. The Morgan fingerprint density at radius 1 is 1.24 bits per heavy atom. The van der Waals surface area contributed by atoms with Gasteiger partial charge in [0.15, 0.2) is 5.78 Å². The summed E-state index contributed by atoms with van der Waals surface area (Å²) in [5.74, 6) is 0.465. The number of aryl methyl sites for hydroxylation is 1. The summed E-state index contributed by atoms with van der Waals surface area (Å²) in [6, 6.07) is 10.4. The van der Waals surface area contributed by atoms with Crippen LogP contribution in [0, 0.1) is 12.8 Å². The molecule has 0 fully saturated rings. The van der Waals surface area contributed by atoms with Crippen LogP contribution in [0.1, 0.15) is 26.4 Å². The second-order valence-electron chi connectivity index (χ2n) is 4.68. The van der Waals surface area contributed by atoms with E-state index in [1.807, 2.05) is 18.4 Å². The predicted octanol–water partition coefficient (Wildman–Crippen LogP) is 3.65. The van der Waals surface area contributed by atoms with Gasteiger partial charge < -0.3 is 0 Å². The van der Waals surface area contributed by atoms with Crippen LogP contribution in [0.2, 0.25) is 0 Å². The van der Waals surface area contributed by atoms with Crippen molar-refractivity contribution in [3.8, 4) is 0 Å². The number of rotatable bonds is 2. The Balaban J connectivity index is 1.83. The number of carbonyl (C=O) groups excluding carboxylic acids is 1. The normalized spacial score (nSPS) is 14.9. The molecule has 1 nitrogen and oxygen atoms in total. The number of hydrogen-bond donors (Lipinski definition) is 0. The van der Waals surface area contributed by atoms with Gasteiger partial charge in [0.25, 0.3) is 0 Å². The first-order chi connectivity index (χ1) is 8.24. The zero-order chi connectivity index (χ0) is 11.8. The second-order valence-corrected chi connectivity index (χ2v) is 5.80. The molecule has 0 bridgehead atoms. The number of thiophene rings is 1. The zero-order valence-corrected chi connectivity index (χ0v) is 10.6. The maximum Gasteiger partial charge on any atom is 0.167 e. The summed E-state index contributed by atoms with van der Waals surface area (Å²) >= 11 is 1.65. The van der Waals surface area contributed by atoms with Crippen molar-refractivity contribution in [3.05, 3.63) is 57.3 Å². The number of fused-ring (bicyclic) bond motifs is 1. The molecule has 0 N–H and O–H groups in total. The van der Waals surface area contributed by atoms with Crippen LogP contribution in [0.15, 0.2) is 35.7 Å². The third-order valence-electron chi connectivity index (χ3n) is 3.44. The van der Waals surface area contributed by atoms with Gasteiger partial charge in [-0.15, -0.1) is 11.3 Å². The van der Waals surface area contributed by atoms with E-state index in [0.717, 1.165) is 18.4 Å². The predicted molar refractivity (Wildman–Crippen MR) is 70.7 cm³/mol. The van der Waals surface area contributed by atoms with Crippen LogP contribution in [0.25, 0.3) is 0 Å². The molecule has 0 spiro atoms. The summed E-state index contributed by atoms with van der Waals surface area (Å²) in [6.07, 6.45) is 1.81. The van der Waals surface area contributed by atoms with Crippen molar-refractivity contribution in [2.75, 3.05) is 0 Å². The second kappa shape index (κ2) is 4.11. The summed E-state index contributed by atoms with van der Waals surface area (Å²) in [4.78, 5) is 13.5. The molecule has 0 aliphatic heterocycles. The van der Waals surface area contributed by atoms with E-state index in [2.05, 4.69) is 24.3 Å². The highest BCUT2D eigenvalue weighted by atomic mass is 32.1. The van der Waals surface area contributed by atoms with Crippen LogP contribution < -0.4 is 0 Å². The molecule has 0 radical (unpaired) electrons. The number of Topliss-reactive ketones (excluding diaryl/α,β-unsaturated/α-hetero) is 1. The van der Waals surface area contributed by atoms with E-state index in [-0.39, 0.29) is 5.92 Å². The molecule has 17 heavy (non-hydrogen) atoms. The number of ketones is 1. The number of hydrogen-bond acceptors (Lipinski definition) is 2. The van der Waals surface area contributed by atoms with Gasteiger partial charge in [0, 0.05) is 21.7 Å². The number of benzene rings is 1. The van der Waals surface area contributed by atoms with Crippen molar-refractivity contribution >= 4 is 17.1 Å². The maximum atomic E-state index is 12.3. The summed E-state index contributed by atoms with van der Waals surface area (Å²) in [6.45, 7) is 2.05. The third kappa shape index (κ3) is 1.93. The van der Waals surface area contributed by atoms with Gasteiger partial charge in [-0.3, -0.25) is 4.79 Å². The van der Waals surface area contributed by atoms with E-state index < -0.39 is 0 Å². The van der Waals surface area contributed by atoms with Gasteiger partial charge in [-0.1, -0.05) is 24.3 Å². The van der Waals surface area contributed by atoms with E-state index in [9.17, 15) is 4.79 Å². The van der Waals surface area contributed by atoms with Gasteiger partial charge in [-0.05, 0) is 37.0 Å². The molecular formula is C15H14OS. The van der Waals surface area contributed by atoms with E-state index in [1.165, 1.54) is 16.0 Å². The van der Waals surface area contributed by atoms with Crippen molar-refractivity contribution < 1.29 is 4.79 Å². The van der Waals surface area contributed by atoms with Crippen molar-refractivity contribution in [3.63, 3.8) is 0 Å². The van der Waals surface area contributed by atoms with Gasteiger partial charge in [0.1, 0.15) is 0 Å². The smallest absolute Gasteiger partial charge is 0.167 e. The molecular weight excluding hydrogens is 228 g/mol. The largest absolute Gasteiger partial charge is 0.294 e. The van der Waals surface area contributed by atoms with Gasteiger partial charge in [0.2, 0.25) is 0 Å². The van der Waals surface area contributed by atoms with E-state index >= 15 is 0 Å². The fourth-order valence-corrected chi connectivity index (χ4v) is 3.24. The van der Waals surface area contributed by atoms with Crippen molar-refractivity contribution in [2.45, 2.75) is 19.8 Å².